The lowest BCUT2D eigenvalue weighted by Crippen LogP contribution is -2.40. The van der Waals surface area contributed by atoms with Crippen LogP contribution < -0.4 is 0 Å². The lowest BCUT2D eigenvalue weighted by Gasteiger charge is -2.39. The Morgan fingerprint density at radius 3 is 1.82 bits per heavy atom. The fourth-order valence-electron chi connectivity index (χ4n) is 1.93. The molecular formula is C9H19OSi. The maximum Gasteiger partial charge on any atom is 0.237 e. The zero-order valence-corrected chi connectivity index (χ0v) is 8.94. The largest absolute Gasteiger partial charge is 0.297 e. The smallest absolute Gasteiger partial charge is 0.237 e. The van der Waals surface area contributed by atoms with Gasteiger partial charge in [-0.1, -0.05) is 26.2 Å². The van der Waals surface area contributed by atoms with Gasteiger partial charge in [0.05, 0.1) is 0 Å². The average molecular weight is 171 g/mol. The normalized spacial score (nSPS) is 25.1. The van der Waals surface area contributed by atoms with Gasteiger partial charge >= 0.3 is 0 Å². The fourth-order valence-corrected chi connectivity index (χ4v) is 3.49. The predicted octanol–water partition coefficient (Wildman–Crippen LogP) is 3.35. The Hall–Kier alpha value is 0.177. The summed E-state index contributed by atoms with van der Waals surface area (Å²) in [5.74, 6) is 0. The zero-order chi connectivity index (χ0) is 8.54. The summed E-state index contributed by atoms with van der Waals surface area (Å²) in [6, 6.07) is 0. The highest BCUT2D eigenvalue weighted by Gasteiger charge is 2.44. The molecular weight excluding hydrogens is 152 g/mol. The monoisotopic (exact) mass is 171 g/mol. The van der Waals surface area contributed by atoms with E-state index >= 15 is 0 Å². The first-order valence-electron chi connectivity index (χ1n) is 4.66. The highest BCUT2D eigenvalue weighted by molar-refractivity contribution is 6.72. The second-order valence-electron chi connectivity index (χ2n) is 4.63. The average Bonchev–Trinajstić information content (AvgIpc) is 1.87. The van der Waals surface area contributed by atoms with Gasteiger partial charge in [-0.25, -0.2) is 0 Å². The van der Waals surface area contributed by atoms with Crippen LogP contribution in [0.4, 0.5) is 0 Å². The van der Waals surface area contributed by atoms with Crippen LogP contribution in [-0.4, -0.2) is 8.32 Å². The Balaban J connectivity index is 2.64. The van der Waals surface area contributed by atoms with Crippen LogP contribution in [0.3, 0.4) is 0 Å². The highest BCUT2D eigenvalue weighted by Crippen LogP contribution is 2.48. The Morgan fingerprint density at radius 2 is 1.55 bits per heavy atom. The van der Waals surface area contributed by atoms with Gasteiger partial charge in [-0.3, -0.25) is 4.80 Å². The Morgan fingerprint density at radius 1 is 1.09 bits per heavy atom. The second-order valence-corrected chi connectivity index (χ2v) is 8.86. The van der Waals surface area contributed by atoms with Gasteiger partial charge in [0.1, 0.15) is 0 Å². The molecule has 1 nitrogen and oxygen atoms in total. The summed E-state index contributed by atoms with van der Waals surface area (Å²) in [4.78, 5) is 11.9. The summed E-state index contributed by atoms with van der Waals surface area (Å²) in [7, 11) is -2.13. The van der Waals surface area contributed by atoms with Crippen molar-refractivity contribution in [1.29, 1.82) is 0 Å². The van der Waals surface area contributed by atoms with E-state index in [0.717, 1.165) is 0 Å². The van der Waals surface area contributed by atoms with Crippen molar-refractivity contribution in [2.75, 3.05) is 0 Å². The van der Waals surface area contributed by atoms with Crippen LogP contribution in [0, 0.1) is 0 Å². The van der Waals surface area contributed by atoms with E-state index in [1.807, 2.05) is 13.1 Å². The van der Waals surface area contributed by atoms with Crippen molar-refractivity contribution in [2.45, 2.75) is 57.2 Å². The molecule has 0 amide bonds. The van der Waals surface area contributed by atoms with E-state index in [2.05, 4.69) is 6.92 Å². The quantitative estimate of drug-likeness (QED) is 0.539. The summed E-state index contributed by atoms with van der Waals surface area (Å²) in [5.41, 5.74) is 0. The molecule has 0 aliphatic heterocycles. The van der Waals surface area contributed by atoms with Crippen molar-refractivity contribution < 1.29 is 4.80 Å². The molecule has 65 valence electrons. The van der Waals surface area contributed by atoms with E-state index in [1.54, 1.807) is 0 Å². The molecule has 1 rings (SSSR count). The molecule has 0 atom stereocenters. The van der Waals surface area contributed by atoms with Crippen LogP contribution in [0.1, 0.15) is 39.0 Å². The van der Waals surface area contributed by atoms with Crippen molar-refractivity contribution in [3.8, 4) is 0 Å². The number of hydrogen-bond acceptors (Lipinski definition) is 0. The molecule has 2 heteroatoms. The Kier molecular flexibility index (Phi) is 2.45. The highest BCUT2D eigenvalue weighted by atomic mass is 28.4. The van der Waals surface area contributed by atoms with Gasteiger partial charge in [-0.05, 0) is 31.0 Å². The lowest BCUT2D eigenvalue weighted by atomic mass is 9.90. The summed E-state index contributed by atoms with van der Waals surface area (Å²) in [5, 5.41) is 0.200. The minimum Gasteiger partial charge on any atom is -0.297 e. The summed E-state index contributed by atoms with van der Waals surface area (Å²) < 4.78 is 0. The first kappa shape index (κ1) is 9.27. The van der Waals surface area contributed by atoms with Gasteiger partial charge in [0.15, 0.2) is 0 Å². The predicted molar refractivity (Wildman–Crippen MR) is 49.6 cm³/mol. The third-order valence-corrected chi connectivity index (χ3v) is 6.82. The Bertz CT molecular complexity index is 131. The molecule has 0 N–H and O–H groups in total. The maximum absolute atomic E-state index is 11.9. The van der Waals surface area contributed by atoms with E-state index in [0.29, 0.717) is 0 Å². The van der Waals surface area contributed by atoms with E-state index in [9.17, 15) is 4.80 Å². The molecule has 0 saturated heterocycles. The third kappa shape index (κ3) is 1.85. The fraction of sp³-hybridized carbons (Fsp3) is 1.00. The van der Waals surface area contributed by atoms with Crippen LogP contribution in [0.25, 0.3) is 0 Å². The summed E-state index contributed by atoms with van der Waals surface area (Å²) in [6.07, 6.45) is 6.30. The molecule has 1 saturated carbocycles. The molecule has 0 aromatic rings. The third-order valence-electron chi connectivity index (χ3n) is 3.41. The van der Waals surface area contributed by atoms with Crippen LogP contribution in [0.2, 0.25) is 18.1 Å². The molecule has 1 aliphatic carbocycles. The SMILES string of the molecule is CC1([Si](C)(C)[O])CCCCC1. The van der Waals surface area contributed by atoms with Crippen LogP contribution in [0.15, 0.2) is 0 Å². The Labute approximate surface area is 71.0 Å². The van der Waals surface area contributed by atoms with E-state index < -0.39 is 8.32 Å². The minimum absolute atomic E-state index is 0.200. The molecule has 0 unspecified atom stereocenters. The van der Waals surface area contributed by atoms with Crippen molar-refractivity contribution in [2.24, 2.45) is 0 Å². The van der Waals surface area contributed by atoms with Gasteiger partial charge in [0, 0.05) is 0 Å². The molecule has 0 heterocycles. The van der Waals surface area contributed by atoms with E-state index in [-0.39, 0.29) is 5.04 Å². The topological polar surface area (TPSA) is 19.9 Å². The number of hydrogen-bond donors (Lipinski definition) is 0. The maximum atomic E-state index is 11.9. The molecule has 0 bridgehead atoms. The molecule has 11 heavy (non-hydrogen) atoms. The first-order chi connectivity index (χ1) is 4.96. The van der Waals surface area contributed by atoms with Crippen molar-refractivity contribution in [1.82, 2.24) is 0 Å². The van der Waals surface area contributed by atoms with Crippen LogP contribution in [-0.2, 0) is 4.80 Å². The molecule has 0 aromatic carbocycles. The van der Waals surface area contributed by atoms with Crippen LogP contribution >= 0.6 is 0 Å². The van der Waals surface area contributed by atoms with Gasteiger partial charge in [0.2, 0.25) is 8.32 Å². The second kappa shape index (κ2) is 2.90. The number of rotatable bonds is 1. The molecule has 1 aliphatic rings. The van der Waals surface area contributed by atoms with Gasteiger partial charge in [-0.2, -0.15) is 0 Å². The van der Waals surface area contributed by atoms with Crippen molar-refractivity contribution in [3.63, 3.8) is 0 Å². The summed E-state index contributed by atoms with van der Waals surface area (Å²) in [6.45, 7) is 6.15. The molecule has 0 aromatic heterocycles. The van der Waals surface area contributed by atoms with Gasteiger partial charge < -0.3 is 0 Å². The van der Waals surface area contributed by atoms with E-state index in [1.165, 1.54) is 32.1 Å². The van der Waals surface area contributed by atoms with Gasteiger partial charge in [0.25, 0.3) is 0 Å². The van der Waals surface area contributed by atoms with Crippen molar-refractivity contribution >= 4 is 8.32 Å². The minimum atomic E-state index is -2.13. The first-order valence-corrected chi connectivity index (χ1v) is 7.57. The van der Waals surface area contributed by atoms with E-state index in [4.69, 9.17) is 0 Å². The lowest BCUT2D eigenvalue weighted by molar-refractivity contribution is 0.311. The summed E-state index contributed by atoms with van der Waals surface area (Å²) >= 11 is 0. The molecule has 1 radical (unpaired) electrons. The standard InChI is InChI=1S/C9H19OSi/c1-9(11(2,3)10)7-5-4-6-8-9/h4-8H2,1-3H3. The molecule has 1 fully saturated rings. The molecule has 0 spiro atoms. The zero-order valence-electron chi connectivity index (χ0n) is 7.94. The van der Waals surface area contributed by atoms with Crippen LogP contribution in [0.5, 0.6) is 0 Å². The van der Waals surface area contributed by atoms with Gasteiger partial charge in [-0.15, -0.1) is 0 Å². The van der Waals surface area contributed by atoms with Crippen molar-refractivity contribution in [3.05, 3.63) is 0 Å².